The van der Waals surface area contributed by atoms with Crippen LogP contribution in [0.2, 0.25) is 0 Å². The lowest BCUT2D eigenvalue weighted by molar-refractivity contribution is 0.114. The summed E-state index contributed by atoms with van der Waals surface area (Å²) in [5, 5.41) is 0. The maximum atomic E-state index is 12.2. The topological polar surface area (TPSA) is 55.4 Å². The van der Waals surface area contributed by atoms with Crippen molar-refractivity contribution in [3.8, 4) is 0 Å². The fourth-order valence-corrected chi connectivity index (χ4v) is 3.65. The van der Waals surface area contributed by atoms with Gasteiger partial charge in [0, 0.05) is 13.0 Å². The van der Waals surface area contributed by atoms with Crippen LogP contribution in [0.15, 0.2) is 71.1 Å². The van der Waals surface area contributed by atoms with E-state index in [2.05, 4.69) is 4.72 Å². The van der Waals surface area contributed by atoms with Gasteiger partial charge in [0.05, 0.1) is 17.6 Å². The SMILES string of the molecule is Cc1ccc(S(=O)(=O)NC/C=C2\COC(c3ccccc3)C2)cc1. The normalized spacial score (nSPS) is 19.7. The number of hydrogen-bond donors (Lipinski definition) is 1. The first-order valence-corrected chi connectivity index (χ1v) is 9.44. The van der Waals surface area contributed by atoms with Gasteiger partial charge in [-0.25, -0.2) is 13.1 Å². The highest BCUT2D eigenvalue weighted by Crippen LogP contribution is 2.31. The lowest BCUT2D eigenvalue weighted by atomic mass is 10.0. The summed E-state index contributed by atoms with van der Waals surface area (Å²) in [6.45, 7) is 2.75. The largest absolute Gasteiger partial charge is 0.369 e. The number of nitrogens with one attached hydrogen (secondary N) is 1. The van der Waals surface area contributed by atoms with Crippen molar-refractivity contribution >= 4 is 10.0 Å². The molecule has 1 heterocycles. The van der Waals surface area contributed by atoms with Gasteiger partial charge in [0.2, 0.25) is 10.0 Å². The second-order valence-electron chi connectivity index (χ2n) is 5.94. The van der Waals surface area contributed by atoms with E-state index in [-0.39, 0.29) is 17.5 Å². The number of aryl methyl sites for hydroxylation is 1. The molecule has 1 N–H and O–H groups in total. The Bertz CT molecular complexity index is 811. The van der Waals surface area contributed by atoms with Gasteiger partial charge in [-0.3, -0.25) is 0 Å². The van der Waals surface area contributed by atoms with Crippen molar-refractivity contribution < 1.29 is 13.2 Å². The molecule has 24 heavy (non-hydrogen) atoms. The molecule has 0 saturated carbocycles. The predicted molar refractivity (Wildman–Crippen MR) is 94.2 cm³/mol. The predicted octanol–water partition coefficient (Wildman–Crippen LogP) is 3.36. The van der Waals surface area contributed by atoms with E-state index >= 15 is 0 Å². The van der Waals surface area contributed by atoms with Crippen LogP contribution in [0.4, 0.5) is 0 Å². The molecule has 1 aliphatic rings. The van der Waals surface area contributed by atoms with E-state index in [4.69, 9.17) is 4.74 Å². The Morgan fingerprint density at radius 2 is 1.83 bits per heavy atom. The smallest absolute Gasteiger partial charge is 0.240 e. The quantitative estimate of drug-likeness (QED) is 0.847. The molecule has 2 aromatic carbocycles. The second kappa shape index (κ2) is 7.30. The zero-order chi connectivity index (χ0) is 17.0. The standard InChI is InChI=1S/C19H21NO3S/c1-15-7-9-18(10-8-15)24(21,22)20-12-11-16-13-19(23-14-16)17-5-3-2-4-6-17/h2-11,19-20H,12-14H2,1H3/b16-11-. The van der Waals surface area contributed by atoms with Gasteiger partial charge in [0.15, 0.2) is 0 Å². The molecule has 0 radical (unpaired) electrons. The highest BCUT2D eigenvalue weighted by atomic mass is 32.2. The van der Waals surface area contributed by atoms with Gasteiger partial charge < -0.3 is 4.74 Å². The zero-order valence-electron chi connectivity index (χ0n) is 13.6. The Labute approximate surface area is 143 Å². The molecule has 1 saturated heterocycles. The van der Waals surface area contributed by atoms with Crippen molar-refractivity contribution in [1.82, 2.24) is 4.72 Å². The van der Waals surface area contributed by atoms with Crippen LogP contribution in [-0.4, -0.2) is 21.6 Å². The van der Waals surface area contributed by atoms with Crippen LogP contribution in [0.3, 0.4) is 0 Å². The molecule has 1 atom stereocenters. The first-order chi connectivity index (χ1) is 11.5. The van der Waals surface area contributed by atoms with E-state index in [0.717, 1.165) is 23.1 Å². The molecular weight excluding hydrogens is 322 g/mol. The average molecular weight is 343 g/mol. The van der Waals surface area contributed by atoms with E-state index in [1.54, 1.807) is 24.3 Å². The van der Waals surface area contributed by atoms with Crippen LogP contribution in [0.5, 0.6) is 0 Å². The van der Waals surface area contributed by atoms with Crippen LogP contribution in [0.1, 0.15) is 23.7 Å². The van der Waals surface area contributed by atoms with E-state index in [1.165, 1.54) is 0 Å². The maximum Gasteiger partial charge on any atom is 0.240 e. The van der Waals surface area contributed by atoms with Crippen molar-refractivity contribution in [2.75, 3.05) is 13.2 Å². The summed E-state index contributed by atoms with van der Waals surface area (Å²) in [5.74, 6) is 0. The highest BCUT2D eigenvalue weighted by molar-refractivity contribution is 7.89. The molecule has 4 nitrogen and oxygen atoms in total. The summed E-state index contributed by atoms with van der Waals surface area (Å²) in [6, 6.07) is 16.9. The lowest BCUT2D eigenvalue weighted by Gasteiger charge is -2.07. The molecular formula is C19H21NO3S. The summed E-state index contributed by atoms with van der Waals surface area (Å²) < 4.78 is 32.9. The highest BCUT2D eigenvalue weighted by Gasteiger charge is 2.21. The van der Waals surface area contributed by atoms with Gasteiger partial charge in [-0.15, -0.1) is 0 Å². The Hall–Kier alpha value is -1.95. The van der Waals surface area contributed by atoms with Crippen LogP contribution >= 0.6 is 0 Å². The fourth-order valence-electron chi connectivity index (χ4n) is 2.68. The van der Waals surface area contributed by atoms with Crippen LogP contribution in [0.25, 0.3) is 0 Å². The Kier molecular flexibility index (Phi) is 5.14. The van der Waals surface area contributed by atoms with E-state index in [0.29, 0.717) is 6.61 Å². The van der Waals surface area contributed by atoms with Crippen molar-refractivity contribution in [2.24, 2.45) is 0 Å². The molecule has 0 bridgehead atoms. The molecule has 2 aromatic rings. The second-order valence-corrected chi connectivity index (χ2v) is 7.71. The van der Waals surface area contributed by atoms with Gasteiger partial charge in [0.25, 0.3) is 0 Å². The molecule has 1 unspecified atom stereocenters. The molecule has 126 valence electrons. The number of rotatable bonds is 5. The van der Waals surface area contributed by atoms with E-state index in [9.17, 15) is 8.42 Å². The van der Waals surface area contributed by atoms with Crippen molar-refractivity contribution in [1.29, 1.82) is 0 Å². The third kappa shape index (κ3) is 4.12. The van der Waals surface area contributed by atoms with Gasteiger partial charge in [-0.2, -0.15) is 0 Å². The first-order valence-electron chi connectivity index (χ1n) is 7.95. The first kappa shape index (κ1) is 16.9. The molecule has 1 fully saturated rings. The summed E-state index contributed by atoms with van der Waals surface area (Å²) in [5.41, 5.74) is 3.31. The minimum Gasteiger partial charge on any atom is -0.369 e. The number of benzene rings is 2. The minimum absolute atomic E-state index is 0.0613. The monoisotopic (exact) mass is 343 g/mol. The Morgan fingerprint density at radius 3 is 2.54 bits per heavy atom. The van der Waals surface area contributed by atoms with Crippen LogP contribution in [-0.2, 0) is 14.8 Å². The Morgan fingerprint density at radius 1 is 1.12 bits per heavy atom. The van der Waals surface area contributed by atoms with Gasteiger partial charge in [-0.1, -0.05) is 54.1 Å². The lowest BCUT2D eigenvalue weighted by Crippen LogP contribution is -2.24. The molecule has 0 amide bonds. The average Bonchev–Trinajstić information content (AvgIpc) is 3.05. The van der Waals surface area contributed by atoms with Gasteiger partial charge in [-0.05, 0) is 30.2 Å². The van der Waals surface area contributed by atoms with Crippen molar-refractivity contribution in [3.05, 3.63) is 77.4 Å². The third-order valence-electron chi connectivity index (χ3n) is 4.08. The minimum atomic E-state index is -3.47. The molecule has 0 aromatic heterocycles. The van der Waals surface area contributed by atoms with Crippen LogP contribution < -0.4 is 4.72 Å². The van der Waals surface area contributed by atoms with E-state index in [1.807, 2.05) is 43.3 Å². The molecule has 1 aliphatic heterocycles. The van der Waals surface area contributed by atoms with Gasteiger partial charge in [0.1, 0.15) is 0 Å². The molecule has 0 aliphatic carbocycles. The summed E-state index contributed by atoms with van der Waals surface area (Å²) in [4.78, 5) is 0.288. The summed E-state index contributed by atoms with van der Waals surface area (Å²) in [7, 11) is -3.47. The number of sulfonamides is 1. The van der Waals surface area contributed by atoms with Gasteiger partial charge >= 0.3 is 0 Å². The number of ether oxygens (including phenoxy) is 1. The molecule has 5 heteroatoms. The Balaban J connectivity index is 1.58. The van der Waals surface area contributed by atoms with E-state index < -0.39 is 10.0 Å². The third-order valence-corrected chi connectivity index (χ3v) is 5.52. The van der Waals surface area contributed by atoms with Crippen molar-refractivity contribution in [3.63, 3.8) is 0 Å². The number of hydrogen-bond acceptors (Lipinski definition) is 3. The maximum absolute atomic E-state index is 12.2. The van der Waals surface area contributed by atoms with Crippen LogP contribution in [0, 0.1) is 6.92 Å². The zero-order valence-corrected chi connectivity index (χ0v) is 14.4. The molecule has 0 spiro atoms. The van der Waals surface area contributed by atoms with Crippen molar-refractivity contribution in [2.45, 2.75) is 24.3 Å². The molecule has 3 rings (SSSR count). The summed E-state index contributed by atoms with van der Waals surface area (Å²) >= 11 is 0. The fraction of sp³-hybridized carbons (Fsp3) is 0.263. The summed E-state index contributed by atoms with van der Waals surface area (Å²) in [6.07, 6.45) is 2.77.